The maximum Gasteiger partial charge on any atom is -0.00134 e. The molecule has 58 heavy (non-hydrogen) atoms. The first kappa shape index (κ1) is 34.9. The van der Waals surface area contributed by atoms with E-state index < -0.39 is 0 Å². The summed E-state index contributed by atoms with van der Waals surface area (Å²) in [4.78, 5) is 0. The lowest BCUT2D eigenvalue weighted by Crippen LogP contribution is -1.91. The average Bonchev–Trinajstić information content (AvgIpc) is 3.29. The number of hydrogen-bond donors (Lipinski definition) is 0. The Labute approximate surface area is 339 Å². The summed E-state index contributed by atoms with van der Waals surface area (Å²) in [5.74, 6) is 0. The van der Waals surface area contributed by atoms with Gasteiger partial charge in [-0.3, -0.25) is 0 Å². The monoisotopic (exact) mass is 736 g/mol. The largest absolute Gasteiger partial charge is 0.0622 e. The van der Waals surface area contributed by atoms with Crippen LogP contribution in [0.2, 0.25) is 0 Å². The molecule has 0 saturated carbocycles. The van der Waals surface area contributed by atoms with Gasteiger partial charge in [-0.15, -0.1) is 0 Å². The zero-order valence-corrected chi connectivity index (χ0v) is 32.1. The Balaban J connectivity index is 1.29. The maximum absolute atomic E-state index is 2.40. The van der Waals surface area contributed by atoms with E-state index in [0.29, 0.717) is 0 Å². The van der Waals surface area contributed by atoms with E-state index in [1.54, 1.807) is 0 Å². The first-order valence-corrected chi connectivity index (χ1v) is 20.0. The first-order chi connectivity index (χ1) is 28.7. The van der Waals surface area contributed by atoms with Crippen LogP contribution in [0.4, 0.5) is 0 Å². The highest BCUT2D eigenvalue weighted by Crippen LogP contribution is 2.45. The summed E-state index contributed by atoms with van der Waals surface area (Å²) in [6.07, 6.45) is 17.8. The molecule has 0 nitrogen and oxygen atoms in total. The van der Waals surface area contributed by atoms with E-state index in [-0.39, 0.29) is 0 Å². The van der Waals surface area contributed by atoms with Gasteiger partial charge in [-0.2, -0.15) is 0 Å². The minimum atomic E-state index is 1.17. The normalized spacial score (nSPS) is 12.2. The Bertz CT molecular complexity index is 2780. The van der Waals surface area contributed by atoms with Crippen molar-refractivity contribution in [3.05, 3.63) is 239 Å². The fourth-order valence-electron chi connectivity index (χ4n) is 8.28. The smallest absolute Gasteiger partial charge is 0.00134 e. The van der Waals surface area contributed by atoms with E-state index in [1.165, 1.54) is 98.4 Å². The lowest BCUT2D eigenvalue weighted by atomic mass is 9.85. The van der Waals surface area contributed by atoms with Crippen molar-refractivity contribution >= 4 is 102 Å². The Kier molecular flexibility index (Phi) is 9.35. The van der Waals surface area contributed by atoms with Gasteiger partial charge in [0.15, 0.2) is 0 Å². The zero-order valence-electron chi connectivity index (χ0n) is 32.1. The van der Waals surface area contributed by atoms with Gasteiger partial charge in [0.05, 0.1) is 0 Å². The van der Waals surface area contributed by atoms with Crippen LogP contribution in [0.1, 0.15) is 44.5 Å². The van der Waals surface area contributed by atoms with Crippen LogP contribution < -0.4 is 0 Å². The summed E-state index contributed by atoms with van der Waals surface area (Å²) in [7, 11) is 0. The Hall–Kier alpha value is -7.54. The minimum Gasteiger partial charge on any atom is -0.0622 e. The second-order valence-electron chi connectivity index (χ2n) is 14.9. The first-order valence-electron chi connectivity index (χ1n) is 20.0. The van der Waals surface area contributed by atoms with Crippen LogP contribution in [0.3, 0.4) is 0 Å². The topological polar surface area (TPSA) is 0 Å². The molecule has 0 spiro atoms. The number of rotatable bonds is 8. The molecule has 0 aliphatic rings. The molecular formula is C58H40. The van der Waals surface area contributed by atoms with Crippen molar-refractivity contribution in [1.82, 2.24) is 0 Å². The van der Waals surface area contributed by atoms with Crippen molar-refractivity contribution in [2.75, 3.05) is 0 Å². The van der Waals surface area contributed by atoms with Gasteiger partial charge in [-0.25, -0.2) is 0 Å². The molecule has 0 amide bonds. The summed E-state index contributed by atoms with van der Waals surface area (Å²) < 4.78 is 0. The fourth-order valence-corrected chi connectivity index (χ4v) is 8.28. The molecule has 0 aliphatic carbocycles. The van der Waals surface area contributed by atoms with Gasteiger partial charge in [0.1, 0.15) is 0 Å². The van der Waals surface area contributed by atoms with Crippen molar-refractivity contribution < 1.29 is 0 Å². The Morgan fingerprint density at radius 1 is 0.172 bits per heavy atom. The highest BCUT2D eigenvalue weighted by molar-refractivity contribution is 6.40. The molecule has 0 saturated heterocycles. The second kappa shape index (κ2) is 15.5. The number of fused-ring (bicyclic) bond motifs is 11. The molecule has 0 radical (unpaired) electrons. The van der Waals surface area contributed by atoms with Crippen LogP contribution in [0.15, 0.2) is 194 Å². The van der Waals surface area contributed by atoms with E-state index in [4.69, 9.17) is 0 Å². The third kappa shape index (κ3) is 7.05. The average molecular weight is 737 g/mol. The summed E-state index contributed by atoms with van der Waals surface area (Å²) in [5.41, 5.74) is 9.43. The van der Waals surface area contributed by atoms with E-state index >= 15 is 0 Å². The van der Waals surface area contributed by atoms with E-state index in [2.05, 4.69) is 243 Å². The molecule has 272 valence electrons. The standard InChI is InChI=1S/C58H40/c1-5-13-41(14-6-1)21-25-45-29-33-49-50-34-30-47(27-23-43-17-9-3-10-18-43)39-55(50)58-56-40-48(28-24-44-19-11-4-12-20-44)32-36-52(56)51-35-31-46(26-22-42-15-7-2-8-16-42)38-54(51)57(58)53(49)37-45/h1-40H/b25-21+,26-22+,27-23+,28-24+. The molecule has 0 atom stereocenters. The van der Waals surface area contributed by atoms with Gasteiger partial charge < -0.3 is 0 Å². The highest BCUT2D eigenvalue weighted by atomic mass is 14.2. The highest BCUT2D eigenvalue weighted by Gasteiger charge is 2.17. The predicted molar refractivity (Wildman–Crippen MR) is 255 cm³/mol. The van der Waals surface area contributed by atoms with Crippen molar-refractivity contribution in [2.24, 2.45) is 0 Å². The van der Waals surface area contributed by atoms with Gasteiger partial charge in [0, 0.05) is 0 Å². The molecule has 10 aromatic rings. The van der Waals surface area contributed by atoms with Crippen LogP contribution in [0, 0.1) is 0 Å². The third-order valence-electron chi connectivity index (χ3n) is 11.2. The molecule has 0 N–H and O–H groups in total. The van der Waals surface area contributed by atoms with Crippen LogP contribution in [0.25, 0.3) is 102 Å². The molecule has 0 aromatic heterocycles. The van der Waals surface area contributed by atoms with E-state index in [9.17, 15) is 0 Å². The van der Waals surface area contributed by atoms with Gasteiger partial charge in [0.2, 0.25) is 0 Å². The summed E-state index contributed by atoms with van der Waals surface area (Å²) in [6, 6.07) is 70.2. The molecule has 0 heterocycles. The molecule has 0 bridgehead atoms. The molecule has 0 aliphatic heterocycles. The lowest BCUT2D eigenvalue weighted by Gasteiger charge is -2.18. The van der Waals surface area contributed by atoms with Gasteiger partial charge in [-0.1, -0.05) is 218 Å². The molecule has 10 aromatic carbocycles. The summed E-state index contributed by atoms with van der Waals surface area (Å²) in [5, 5.41) is 12.6. The quantitative estimate of drug-likeness (QED) is 0.108. The molecule has 0 heteroatoms. The van der Waals surface area contributed by atoms with E-state index in [0.717, 1.165) is 0 Å². The molecule has 10 rings (SSSR count). The number of benzene rings is 10. The SMILES string of the molecule is C(=C\c1ccc2c3ccc(/C=C/c4ccccc4)cc3c3c4cc(/C=C/c5ccccc5)ccc4c4ccc(/C=C/c5ccccc5)cc4c3c2c1)/c1ccccc1. The van der Waals surface area contributed by atoms with Crippen molar-refractivity contribution in [3.8, 4) is 0 Å². The van der Waals surface area contributed by atoms with Crippen LogP contribution in [-0.2, 0) is 0 Å². The minimum absolute atomic E-state index is 1.17. The van der Waals surface area contributed by atoms with Crippen LogP contribution in [0.5, 0.6) is 0 Å². The lowest BCUT2D eigenvalue weighted by molar-refractivity contribution is 1.66. The fraction of sp³-hybridized carbons (Fsp3) is 0. The molecule has 0 unspecified atom stereocenters. The van der Waals surface area contributed by atoms with Gasteiger partial charge in [-0.05, 0) is 123 Å². The zero-order chi connectivity index (χ0) is 38.7. The van der Waals surface area contributed by atoms with Crippen LogP contribution >= 0.6 is 0 Å². The van der Waals surface area contributed by atoms with E-state index in [1.807, 2.05) is 0 Å². The van der Waals surface area contributed by atoms with Crippen molar-refractivity contribution in [1.29, 1.82) is 0 Å². The summed E-state index contributed by atoms with van der Waals surface area (Å²) in [6.45, 7) is 0. The third-order valence-corrected chi connectivity index (χ3v) is 11.2. The second-order valence-corrected chi connectivity index (χ2v) is 14.9. The van der Waals surface area contributed by atoms with Gasteiger partial charge >= 0.3 is 0 Å². The van der Waals surface area contributed by atoms with Crippen molar-refractivity contribution in [2.45, 2.75) is 0 Å². The molecule has 0 fully saturated rings. The maximum atomic E-state index is 2.40. The Morgan fingerprint density at radius 2 is 0.379 bits per heavy atom. The predicted octanol–water partition coefficient (Wildman–Crippen LogP) is 16.1. The molecular weight excluding hydrogens is 697 g/mol. The Morgan fingerprint density at radius 3 is 0.603 bits per heavy atom. The van der Waals surface area contributed by atoms with Crippen LogP contribution in [-0.4, -0.2) is 0 Å². The number of hydrogen-bond acceptors (Lipinski definition) is 0. The van der Waals surface area contributed by atoms with Gasteiger partial charge in [0.25, 0.3) is 0 Å². The van der Waals surface area contributed by atoms with Crippen molar-refractivity contribution in [3.63, 3.8) is 0 Å². The summed E-state index contributed by atoms with van der Waals surface area (Å²) >= 11 is 0.